The van der Waals surface area contributed by atoms with Crippen molar-refractivity contribution < 1.29 is 10.2 Å². The normalized spacial score (nSPS) is 9.45. The molecule has 3 N–H and O–H groups in total. The number of rotatable bonds is 0. The Hall–Kier alpha value is -1.55. The van der Waals surface area contributed by atoms with Crippen LogP contribution in [0, 0.1) is 5.21 Å². The van der Waals surface area contributed by atoms with E-state index in [9.17, 15) is 5.21 Å². The minimum absolute atomic E-state index is 0. The summed E-state index contributed by atoms with van der Waals surface area (Å²) in [5, 5.41) is 11.9. The van der Waals surface area contributed by atoms with Crippen LogP contribution in [-0.4, -0.2) is 10.5 Å². The van der Waals surface area contributed by atoms with Crippen molar-refractivity contribution in [2.75, 3.05) is 0 Å². The summed E-state index contributed by atoms with van der Waals surface area (Å²) in [5.41, 5.74) is 0.613. The quantitative estimate of drug-likeness (QED) is 0.418. The van der Waals surface area contributed by atoms with Gasteiger partial charge in [0.25, 0.3) is 5.65 Å². The maximum absolute atomic E-state index is 10.9. The van der Waals surface area contributed by atoms with Gasteiger partial charge in [-0.1, -0.05) is 0 Å². The zero-order chi connectivity index (χ0) is 6.97. The molecule has 0 aliphatic rings. The molecule has 2 aromatic rings. The number of aromatic amines is 1. The number of aromatic nitrogens is 2. The Balaban J connectivity index is 0.000000605. The van der Waals surface area contributed by atoms with Gasteiger partial charge in [-0.15, -0.1) is 0 Å². The maximum Gasteiger partial charge on any atom is 0.289 e. The molecule has 0 atom stereocenters. The Kier molecular flexibility index (Phi) is 1.78. The number of fused-ring (bicyclic) bond motifs is 1. The third-order valence-corrected chi connectivity index (χ3v) is 1.47. The molecule has 2 aromatic heterocycles. The van der Waals surface area contributed by atoms with Crippen LogP contribution in [0.15, 0.2) is 30.6 Å². The van der Waals surface area contributed by atoms with E-state index in [4.69, 9.17) is 0 Å². The lowest BCUT2D eigenvalue weighted by Crippen LogP contribution is -2.25. The number of hydrogen-bond donors (Lipinski definition) is 1. The molecule has 0 fully saturated rings. The number of pyridine rings is 1. The van der Waals surface area contributed by atoms with Crippen LogP contribution in [0.1, 0.15) is 0 Å². The first-order chi connectivity index (χ1) is 4.88. The average Bonchev–Trinajstić information content (AvgIpc) is 2.36. The van der Waals surface area contributed by atoms with Gasteiger partial charge in [0.15, 0.2) is 0 Å². The fourth-order valence-corrected chi connectivity index (χ4v) is 0.997. The molecular formula is C7H8N2O2. The first-order valence-electron chi connectivity index (χ1n) is 3.03. The molecule has 0 aliphatic heterocycles. The smallest absolute Gasteiger partial charge is 0.289 e. The van der Waals surface area contributed by atoms with Gasteiger partial charge in [-0.25, -0.2) is 9.71 Å². The van der Waals surface area contributed by atoms with E-state index < -0.39 is 0 Å². The van der Waals surface area contributed by atoms with Gasteiger partial charge < -0.3 is 10.7 Å². The van der Waals surface area contributed by atoms with Gasteiger partial charge in [-0.05, 0) is 18.2 Å². The molecule has 0 amide bonds. The van der Waals surface area contributed by atoms with Crippen LogP contribution >= 0.6 is 0 Å². The van der Waals surface area contributed by atoms with Crippen LogP contribution in [0.2, 0.25) is 0 Å². The zero-order valence-electron chi connectivity index (χ0n) is 5.74. The number of H-pyrrole nitrogens is 1. The summed E-state index contributed by atoms with van der Waals surface area (Å²) in [6.45, 7) is 0. The second kappa shape index (κ2) is 2.59. The highest BCUT2D eigenvalue weighted by Gasteiger charge is 1.98. The third kappa shape index (κ3) is 1.03. The van der Waals surface area contributed by atoms with Crippen LogP contribution in [0.5, 0.6) is 0 Å². The van der Waals surface area contributed by atoms with Gasteiger partial charge in [-0.2, -0.15) is 0 Å². The summed E-state index contributed by atoms with van der Waals surface area (Å²) in [7, 11) is 0. The molecule has 0 aliphatic carbocycles. The highest BCUT2D eigenvalue weighted by atomic mass is 16.5. The first-order valence-corrected chi connectivity index (χ1v) is 3.03. The Labute approximate surface area is 63.0 Å². The van der Waals surface area contributed by atoms with E-state index in [-0.39, 0.29) is 5.48 Å². The molecule has 4 heteroatoms. The molecular weight excluding hydrogens is 144 g/mol. The van der Waals surface area contributed by atoms with Gasteiger partial charge in [0, 0.05) is 0 Å². The summed E-state index contributed by atoms with van der Waals surface area (Å²) in [6, 6.07) is 5.48. The highest BCUT2D eigenvalue weighted by molar-refractivity contribution is 5.71. The first kappa shape index (κ1) is 7.56. The van der Waals surface area contributed by atoms with E-state index in [1.165, 1.54) is 6.20 Å². The predicted octanol–water partition coefficient (Wildman–Crippen LogP) is -0.0234. The second-order valence-corrected chi connectivity index (χ2v) is 2.12. The topological polar surface area (TPSA) is 74.2 Å². The summed E-state index contributed by atoms with van der Waals surface area (Å²) >= 11 is 0. The fraction of sp³-hybridized carbons (Fsp3) is 0. The van der Waals surface area contributed by atoms with E-state index in [0.29, 0.717) is 5.65 Å². The SMILES string of the molecule is O.[O-][n+]1cccc2cc[nH]c21. The molecule has 2 rings (SSSR count). The second-order valence-electron chi connectivity index (χ2n) is 2.12. The van der Waals surface area contributed by atoms with Gasteiger partial charge in [0.05, 0.1) is 17.8 Å². The lowest BCUT2D eigenvalue weighted by atomic mass is 10.3. The predicted molar refractivity (Wildman–Crippen MR) is 40.9 cm³/mol. The molecule has 4 nitrogen and oxygen atoms in total. The van der Waals surface area contributed by atoms with E-state index in [2.05, 4.69) is 4.98 Å². The Morgan fingerprint density at radius 1 is 1.36 bits per heavy atom. The molecule has 0 saturated carbocycles. The monoisotopic (exact) mass is 152 g/mol. The van der Waals surface area contributed by atoms with Crippen LogP contribution in [0.4, 0.5) is 0 Å². The van der Waals surface area contributed by atoms with Crippen molar-refractivity contribution in [1.82, 2.24) is 4.98 Å². The van der Waals surface area contributed by atoms with E-state index in [0.717, 1.165) is 10.1 Å². The lowest BCUT2D eigenvalue weighted by molar-refractivity contribution is -0.579. The van der Waals surface area contributed by atoms with Crippen molar-refractivity contribution in [2.24, 2.45) is 0 Å². The van der Waals surface area contributed by atoms with Gasteiger partial charge in [-0.3, -0.25) is 0 Å². The van der Waals surface area contributed by atoms with Crippen LogP contribution in [0.3, 0.4) is 0 Å². The van der Waals surface area contributed by atoms with Crippen molar-refractivity contribution >= 4 is 11.0 Å². The molecule has 11 heavy (non-hydrogen) atoms. The molecule has 58 valence electrons. The molecule has 0 radical (unpaired) electrons. The highest BCUT2D eigenvalue weighted by Crippen LogP contribution is 2.04. The van der Waals surface area contributed by atoms with Crippen molar-refractivity contribution in [1.29, 1.82) is 0 Å². The number of nitrogens with zero attached hydrogens (tertiary/aromatic N) is 1. The minimum Gasteiger partial charge on any atom is -0.711 e. The summed E-state index contributed by atoms with van der Waals surface area (Å²) < 4.78 is 0.815. The fourth-order valence-electron chi connectivity index (χ4n) is 0.997. The third-order valence-electron chi connectivity index (χ3n) is 1.47. The zero-order valence-corrected chi connectivity index (χ0v) is 5.74. The van der Waals surface area contributed by atoms with Crippen molar-refractivity contribution in [3.63, 3.8) is 0 Å². The van der Waals surface area contributed by atoms with Crippen LogP contribution < -0.4 is 4.73 Å². The van der Waals surface area contributed by atoms with Crippen molar-refractivity contribution in [3.05, 3.63) is 35.8 Å². The number of nitrogens with one attached hydrogen (secondary N) is 1. The van der Waals surface area contributed by atoms with Crippen molar-refractivity contribution in [3.8, 4) is 0 Å². The van der Waals surface area contributed by atoms with Crippen molar-refractivity contribution in [2.45, 2.75) is 0 Å². The molecule has 0 aromatic carbocycles. The largest absolute Gasteiger partial charge is 0.711 e. The standard InChI is InChI=1S/C7H6N2O.H2O/c10-9-5-1-2-6-3-4-8-7(6)9;/h1-5,8H;1H2. The minimum atomic E-state index is 0. The molecule has 0 bridgehead atoms. The number of hydrogen-bond acceptors (Lipinski definition) is 1. The summed E-state index contributed by atoms with van der Waals surface area (Å²) in [4.78, 5) is 2.84. The summed E-state index contributed by atoms with van der Waals surface area (Å²) in [6.07, 6.45) is 3.22. The van der Waals surface area contributed by atoms with E-state index >= 15 is 0 Å². The van der Waals surface area contributed by atoms with Gasteiger partial charge in [0.2, 0.25) is 0 Å². The maximum atomic E-state index is 10.9. The van der Waals surface area contributed by atoms with Crippen LogP contribution in [0.25, 0.3) is 11.0 Å². The Morgan fingerprint density at radius 3 is 2.91 bits per heavy atom. The lowest BCUT2D eigenvalue weighted by Gasteiger charge is -1.98. The Bertz CT molecular complexity index is 356. The Morgan fingerprint density at radius 2 is 2.18 bits per heavy atom. The van der Waals surface area contributed by atoms with E-state index in [1.54, 1.807) is 12.3 Å². The van der Waals surface area contributed by atoms with E-state index in [1.807, 2.05) is 12.1 Å². The molecule has 0 spiro atoms. The summed E-state index contributed by atoms with van der Waals surface area (Å²) in [5.74, 6) is 0. The molecule has 0 saturated heterocycles. The van der Waals surface area contributed by atoms with Gasteiger partial charge >= 0.3 is 0 Å². The average molecular weight is 152 g/mol. The molecule has 2 heterocycles. The van der Waals surface area contributed by atoms with Crippen LogP contribution in [-0.2, 0) is 0 Å². The van der Waals surface area contributed by atoms with Gasteiger partial charge in [0.1, 0.15) is 0 Å². The molecule has 0 unspecified atom stereocenters.